The maximum atomic E-state index is 11.6. The molecule has 1 aliphatic rings. The van der Waals surface area contributed by atoms with Gasteiger partial charge in [-0.3, -0.25) is 4.79 Å². The average molecular weight is 296 g/mol. The van der Waals surface area contributed by atoms with Crippen molar-refractivity contribution in [1.29, 1.82) is 0 Å². The highest BCUT2D eigenvalue weighted by Crippen LogP contribution is 2.30. The van der Waals surface area contributed by atoms with Crippen LogP contribution in [0.5, 0.6) is 0 Å². The van der Waals surface area contributed by atoms with Crippen molar-refractivity contribution in [2.75, 3.05) is 25.0 Å². The van der Waals surface area contributed by atoms with Gasteiger partial charge in [-0.05, 0) is 31.4 Å². The van der Waals surface area contributed by atoms with Gasteiger partial charge in [-0.2, -0.15) is 0 Å². The van der Waals surface area contributed by atoms with E-state index in [1.165, 1.54) is 12.8 Å². The Morgan fingerprint density at radius 2 is 2.20 bits per heavy atom. The summed E-state index contributed by atoms with van der Waals surface area (Å²) in [7, 11) is 1.65. The van der Waals surface area contributed by atoms with E-state index >= 15 is 0 Å². The quantitative estimate of drug-likeness (QED) is 0.810. The van der Waals surface area contributed by atoms with Gasteiger partial charge >= 0.3 is 0 Å². The third-order valence-electron chi connectivity index (χ3n) is 3.54. The van der Waals surface area contributed by atoms with Crippen LogP contribution in [0.3, 0.4) is 0 Å². The summed E-state index contributed by atoms with van der Waals surface area (Å²) in [5, 5.41) is 6.86. The Morgan fingerprint density at radius 3 is 2.80 bits per heavy atom. The number of nitrogens with one attached hydrogen (secondary N) is 2. The van der Waals surface area contributed by atoms with E-state index in [-0.39, 0.29) is 5.91 Å². The van der Waals surface area contributed by atoms with E-state index in [4.69, 9.17) is 11.6 Å². The number of amides is 1. The number of likely N-dealkylation sites (N-methyl/N-ethyl adjacent to an activating group) is 2. The number of benzene rings is 1. The van der Waals surface area contributed by atoms with Gasteiger partial charge in [0, 0.05) is 26.2 Å². The van der Waals surface area contributed by atoms with Gasteiger partial charge in [0.25, 0.3) is 0 Å². The third kappa shape index (κ3) is 3.87. The molecule has 1 aliphatic carbocycles. The summed E-state index contributed by atoms with van der Waals surface area (Å²) in [5.74, 6) is -0.00660. The zero-order valence-electron chi connectivity index (χ0n) is 12.1. The van der Waals surface area contributed by atoms with E-state index in [1.807, 2.05) is 24.0 Å². The van der Waals surface area contributed by atoms with Gasteiger partial charge in [0.2, 0.25) is 5.91 Å². The van der Waals surface area contributed by atoms with Crippen LogP contribution in [-0.2, 0) is 11.3 Å². The summed E-state index contributed by atoms with van der Waals surface area (Å²) >= 11 is 6.36. The molecule has 1 aromatic carbocycles. The predicted octanol–water partition coefficient (Wildman–Crippen LogP) is 2.16. The Hall–Kier alpha value is -1.26. The molecule has 5 heteroatoms. The fourth-order valence-electron chi connectivity index (χ4n) is 2.20. The number of rotatable bonds is 7. The highest BCUT2D eigenvalue weighted by molar-refractivity contribution is 6.33. The summed E-state index contributed by atoms with van der Waals surface area (Å²) in [6, 6.07) is 6.56. The largest absolute Gasteiger partial charge is 0.361 e. The van der Waals surface area contributed by atoms with E-state index in [0.717, 1.165) is 24.3 Å². The molecule has 0 spiro atoms. The van der Waals surface area contributed by atoms with Crippen LogP contribution >= 0.6 is 11.6 Å². The number of carbonyl (C=O) groups is 1. The molecule has 0 radical (unpaired) electrons. The van der Waals surface area contributed by atoms with Crippen molar-refractivity contribution >= 4 is 23.2 Å². The summed E-state index contributed by atoms with van der Waals surface area (Å²) in [6.07, 6.45) is 2.51. The van der Waals surface area contributed by atoms with Crippen molar-refractivity contribution in [3.63, 3.8) is 0 Å². The van der Waals surface area contributed by atoms with E-state index in [0.29, 0.717) is 17.6 Å². The van der Waals surface area contributed by atoms with Crippen LogP contribution in [0.2, 0.25) is 5.02 Å². The third-order valence-corrected chi connectivity index (χ3v) is 3.85. The van der Waals surface area contributed by atoms with Crippen LogP contribution < -0.4 is 15.5 Å². The van der Waals surface area contributed by atoms with Crippen LogP contribution in [0.1, 0.15) is 25.3 Å². The van der Waals surface area contributed by atoms with Crippen LogP contribution in [0.25, 0.3) is 0 Å². The first-order valence-corrected chi connectivity index (χ1v) is 7.49. The molecular weight excluding hydrogens is 274 g/mol. The molecule has 2 rings (SSSR count). The number of anilines is 1. The Bertz CT molecular complexity index is 474. The molecular formula is C15H22ClN3O. The van der Waals surface area contributed by atoms with E-state index in [9.17, 15) is 4.79 Å². The monoisotopic (exact) mass is 295 g/mol. The van der Waals surface area contributed by atoms with Crippen molar-refractivity contribution in [3.05, 3.63) is 28.8 Å². The molecule has 0 aliphatic heterocycles. The maximum Gasteiger partial charge on any atom is 0.239 e. The summed E-state index contributed by atoms with van der Waals surface area (Å²) in [4.78, 5) is 13.7. The molecule has 1 aromatic rings. The maximum absolute atomic E-state index is 11.6. The predicted molar refractivity (Wildman–Crippen MR) is 83.3 cm³/mol. The van der Waals surface area contributed by atoms with E-state index in [2.05, 4.69) is 16.7 Å². The van der Waals surface area contributed by atoms with Crippen LogP contribution in [0.15, 0.2) is 18.2 Å². The van der Waals surface area contributed by atoms with Crippen molar-refractivity contribution in [3.8, 4) is 0 Å². The molecule has 1 saturated carbocycles. The van der Waals surface area contributed by atoms with Crippen molar-refractivity contribution in [2.24, 2.45) is 0 Å². The lowest BCUT2D eigenvalue weighted by Crippen LogP contribution is -2.36. The van der Waals surface area contributed by atoms with Gasteiger partial charge in [-0.1, -0.05) is 23.7 Å². The van der Waals surface area contributed by atoms with E-state index < -0.39 is 0 Å². The number of hydrogen-bond acceptors (Lipinski definition) is 3. The lowest BCUT2D eigenvalue weighted by molar-refractivity contribution is -0.119. The molecule has 20 heavy (non-hydrogen) atoms. The molecule has 0 unspecified atom stereocenters. The van der Waals surface area contributed by atoms with Gasteiger partial charge in [0.05, 0.1) is 17.3 Å². The molecule has 1 amide bonds. The molecule has 1 fully saturated rings. The zero-order valence-corrected chi connectivity index (χ0v) is 12.8. The molecule has 2 N–H and O–H groups in total. The normalized spacial score (nSPS) is 14.2. The number of halogens is 1. The minimum atomic E-state index is -0.00660. The van der Waals surface area contributed by atoms with Gasteiger partial charge in [-0.25, -0.2) is 0 Å². The summed E-state index contributed by atoms with van der Waals surface area (Å²) in [6.45, 7) is 3.90. The van der Waals surface area contributed by atoms with Crippen molar-refractivity contribution in [2.45, 2.75) is 32.4 Å². The minimum Gasteiger partial charge on any atom is -0.361 e. The highest BCUT2D eigenvalue weighted by Gasteiger charge is 2.22. The second-order valence-corrected chi connectivity index (χ2v) is 5.50. The summed E-state index contributed by atoms with van der Waals surface area (Å²) < 4.78 is 0. The van der Waals surface area contributed by atoms with Crippen LogP contribution in [0, 0.1) is 0 Å². The fourth-order valence-corrected chi connectivity index (χ4v) is 2.51. The molecule has 110 valence electrons. The Labute approximate surface area is 125 Å². The zero-order chi connectivity index (χ0) is 14.5. The number of nitrogens with zero attached hydrogens (tertiary/aromatic N) is 1. The van der Waals surface area contributed by atoms with Gasteiger partial charge in [-0.15, -0.1) is 0 Å². The second kappa shape index (κ2) is 6.95. The first-order chi connectivity index (χ1) is 9.65. The lowest BCUT2D eigenvalue weighted by Gasteiger charge is -2.26. The van der Waals surface area contributed by atoms with Gasteiger partial charge in [0.15, 0.2) is 0 Å². The van der Waals surface area contributed by atoms with E-state index in [1.54, 1.807) is 7.05 Å². The SMILES string of the molecule is CCN(CC(=O)NC)c1c(Cl)cccc1CNC1CC1. The second-order valence-electron chi connectivity index (χ2n) is 5.09. The number of hydrogen-bond donors (Lipinski definition) is 2. The molecule has 0 saturated heterocycles. The van der Waals surface area contributed by atoms with Gasteiger partial charge < -0.3 is 15.5 Å². The fraction of sp³-hybridized carbons (Fsp3) is 0.533. The lowest BCUT2D eigenvalue weighted by atomic mass is 10.1. The van der Waals surface area contributed by atoms with Gasteiger partial charge in [0.1, 0.15) is 0 Å². The molecule has 0 aromatic heterocycles. The molecule has 0 atom stereocenters. The molecule has 0 heterocycles. The average Bonchev–Trinajstić information content (AvgIpc) is 3.27. The number of carbonyl (C=O) groups excluding carboxylic acids is 1. The highest BCUT2D eigenvalue weighted by atomic mass is 35.5. The van der Waals surface area contributed by atoms with Crippen molar-refractivity contribution in [1.82, 2.24) is 10.6 Å². The topological polar surface area (TPSA) is 44.4 Å². The Balaban J connectivity index is 2.18. The standard InChI is InChI=1S/C15H22ClN3O/c1-3-19(10-14(20)17-2)15-11(5-4-6-13(15)16)9-18-12-7-8-12/h4-6,12,18H,3,7-10H2,1-2H3,(H,17,20). The smallest absolute Gasteiger partial charge is 0.239 e. The minimum absolute atomic E-state index is 0.00660. The molecule has 4 nitrogen and oxygen atoms in total. The number of para-hydroxylation sites is 1. The Kier molecular flexibility index (Phi) is 5.26. The Morgan fingerprint density at radius 1 is 1.45 bits per heavy atom. The van der Waals surface area contributed by atoms with Crippen LogP contribution in [0.4, 0.5) is 5.69 Å². The molecule has 0 bridgehead atoms. The first-order valence-electron chi connectivity index (χ1n) is 7.12. The first kappa shape index (κ1) is 15.1. The van der Waals surface area contributed by atoms with Crippen molar-refractivity contribution < 1.29 is 4.79 Å². The summed E-state index contributed by atoms with van der Waals surface area (Å²) in [5.41, 5.74) is 2.11. The van der Waals surface area contributed by atoms with Crippen LogP contribution in [-0.4, -0.2) is 32.1 Å².